The smallest absolute Gasteiger partial charge is 0.270 e. The minimum atomic E-state index is -0.0777. The number of halogens is 1. The fourth-order valence-electron chi connectivity index (χ4n) is 1.91. The lowest BCUT2D eigenvalue weighted by molar-refractivity contribution is 0.0764. The topological polar surface area (TPSA) is 64.4 Å². The number of furan rings is 1. The zero-order valence-corrected chi connectivity index (χ0v) is 12.5. The number of nitrogens with two attached hydrogens (primary N) is 1. The number of nitrogens with zero attached hydrogens (tertiary/aromatic N) is 2. The number of aromatic nitrogens is 1. The molecule has 6 heteroatoms. The molecule has 0 aromatic carbocycles. The van der Waals surface area contributed by atoms with Crippen LogP contribution in [0.2, 0.25) is 0 Å². The molecule has 0 unspecified atom stereocenters. The molecule has 0 saturated heterocycles. The van der Waals surface area contributed by atoms with E-state index in [1.165, 1.54) is 0 Å². The molecule has 0 radical (unpaired) electrons. The predicted molar refractivity (Wildman–Crippen MR) is 76.7 cm³/mol. The van der Waals surface area contributed by atoms with E-state index in [1.54, 1.807) is 30.3 Å². The van der Waals surface area contributed by atoms with Crippen molar-refractivity contribution in [3.8, 4) is 0 Å². The van der Waals surface area contributed by atoms with Gasteiger partial charge in [0.25, 0.3) is 5.91 Å². The molecule has 2 heterocycles. The van der Waals surface area contributed by atoms with Gasteiger partial charge >= 0.3 is 0 Å². The quantitative estimate of drug-likeness (QED) is 0.939. The number of nitrogen functional groups attached to an aromatic ring is 1. The van der Waals surface area contributed by atoms with Gasteiger partial charge in [0, 0.05) is 19.8 Å². The van der Waals surface area contributed by atoms with Gasteiger partial charge in [0.2, 0.25) is 0 Å². The summed E-state index contributed by atoms with van der Waals surface area (Å²) in [6.45, 7) is 3.09. The van der Waals surface area contributed by atoms with Crippen LogP contribution in [-0.2, 0) is 13.1 Å². The molecule has 0 aliphatic carbocycles. The van der Waals surface area contributed by atoms with Crippen molar-refractivity contribution < 1.29 is 9.21 Å². The van der Waals surface area contributed by atoms with E-state index in [2.05, 4.69) is 15.9 Å². The molecule has 102 valence electrons. The molecule has 2 aromatic rings. The van der Waals surface area contributed by atoms with E-state index >= 15 is 0 Å². The van der Waals surface area contributed by atoms with Crippen molar-refractivity contribution in [1.29, 1.82) is 0 Å². The Morgan fingerprint density at radius 1 is 1.53 bits per heavy atom. The van der Waals surface area contributed by atoms with E-state index in [-0.39, 0.29) is 5.91 Å². The van der Waals surface area contributed by atoms with E-state index in [0.29, 0.717) is 29.1 Å². The van der Waals surface area contributed by atoms with Crippen molar-refractivity contribution in [1.82, 2.24) is 9.47 Å². The predicted octanol–water partition coefficient (Wildman–Crippen LogP) is 2.72. The number of hydrogen-bond donors (Lipinski definition) is 1. The summed E-state index contributed by atoms with van der Waals surface area (Å²) >= 11 is 3.24. The van der Waals surface area contributed by atoms with Crippen molar-refractivity contribution in [3.63, 3.8) is 0 Å². The summed E-state index contributed by atoms with van der Waals surface area (Å²) in [5.74, 6) is 0.649. The average Bonchev–Trinajstić information content (AvgIpc) is 2.94. The Kier molecular flexibility index (Phi) is 3.99. The third-order valence-corrected chi connectivity index (χ3v) is 3.27. The second-order valence-corrected chi connectivity index (χ2v) is 5.09. The molecule has 0 atom stereocenters. The molecular weight excluding hydrogens is 310 g/mol. The van der Waals surface area contributed by atoms with Crippen LogP contribution in [0.1, 0.15) is 23.2 Å². The number of amides is 1. The monoisotopic (exact) mass is 325 g/mol. The maximum atomic E-state index is 12.3. The SMILES string of the molecule is CCn1cc(N)cc1C(=O)N(C)Cc1ccc(Br)o1. The molecule has 0 aliphatic heterocycles. The van der Waals surface area contributed by atoms with Crippen LogP contribution < -0.4 is 5.73 Å². The molecule has 0 saturated carbocycles. The van der Waals surface area contributed by atoms with Crippen molar-refractivity contribution in [3.05, 3.63) is 40.5 Å². The molecule has 2 aromatic heterocycles. The lowest BCUT2D eigenvalue weighted by Crippen LogP contribution is -2.27. The van der Waals surface area contributed by atoms with Gasteiger partial charge in [-0.1, -0.05) is 0 Å². The first-order chi connectivity index (χ1) is 9.01. The van der Waals surface area contributed by atoms with Crippen LogP contribution in [0.15, 0.2) is 33.5 Å². The van der Waals surface area contributed by atoms with Gasteiger partial charge in [0.05, 0.1) is 12.2 Å². The van der Waals surface area contributed by atoms with Crippen molar-refractivity contribution in [2.45, 2.75) is 20.0 Å². The molecule has 5 nitrogen and oxygen atoms in total. The Morgan fingerprint density at radius 2 is 2.26 bits per heavy atom. The van der Waals surface area contributed by atoms with E-state index in [0.717, 1.165) is 5.76 Å². The minimum Gasteiger partial charge on any atom is -0.452 e. The number of carbonyl (C=O) groups is 1. The highest BCUT2D eigenvalue weighted by Crippen LogP contribution is 2.17. The van der Waals surface area contributed by atoms with Gasteiger partial charge in [0.1, 0.15) is 11.5 Å². The van der Waals surface area contributed by atoms with E-state index < -0.39 is 0 Å². The summed E-state index contributed by atoms with van der Waals surface area (Å²) in [7, 11) is 1.74. The second-order valence-electron chi connectivity index (χ2n) is 4.31. The van der Waals surface area contributed by atoms with Crippen LogP contribution in [0, 0.1) is 0 Å². The largest absolute Gasteiger partial charge is 0.452 e. The van der Waals surface area contributed by atoms with Gasteiger partial charge in [-0.2, -0.15) is 0 Å². The number of hydrogen-bond acceptors (Lipinski definition) is 3. The van der Waals surface area contributed by atoms with Crippen LogP contribution in [0.4, 0.5) is 5.69 Å². The highest BCUT2D eigenvalue weighted by molar-refractivity contribution is 9.10. The van der Waals surface area contributed by atoms with Crippen molar-refractivity contribution >= 4 is 27.5 Å². The average molecular weight is 326 g/mol. The third-order valence-electron chi connectivity index (χ3n) is 2.85. The van der Waals surface area contributed by atoms with Gasteiger partial charge in [-0.15, -0.1) is 0 Å². The molecule has 2 N–H and O–H groups in total. The lowest BCUT2D eigenvalue weighted by atomic mass is 10.3. The highest BCUT2D eigenvalue weighted by Gasteiger charge is 2.17. The lowest BCUT2D eigenvalue weighted by Gasteiger charge is -2.16. The van der Waals surface area contributed by atoms with Gasteiger partial charge in [0.15, 0.2) is 4.67 Å². The molecule has 1 amide bonds. The number of carbonyl (C=O) groups excluding carboxylic acids is 1. The fourth-order valence-corrected chi connectivity index (χ4v) is 2.25. The maximum absolute atomic E-state index is 12.3. The zero-order valence-electron chi connectivity index (χ0n) is 10.9. The first kappa shape index (κ1) is 13.7. The van der Waals surface area contributed by atoms with Gasteiger partial charge < -0.3 is 19.6 Å². The molecule has 19 heavy (non-hydrogen) atoms. The summed E-state index contributed by atoms with van der Waals surface area (Å²) in [5, 5.41) is 0. The normalized spacial score (nSPS) is 10.7. The van der Waals surface area contributed by atoms with Gasteiger partial charge in [-0.3, -0.25) is 4.79 Å². The number of rotatable bonds is 4. The molecule has 0 spiro atoms. The standard InChI is InChI=1S/C13H16BrN3O2/c1-3-17-7-9(15)6-11(17)13(18)16(2)8-10-4-5-12(14)19-10/h4-7H,3,8,15H2,1-2H3. The molecule has 0 fully saturated rings. The summed E-state index contributed by atoms with van der Waals surface area (Å²) in [5.41, 5.74) is 6.92. The Morgan fingerprint density at radius 3 is 2.84 bits per heavy atom. The van der Waals surface area contributed by atoms with Crippen LogP contribution >= 0.6 is 15.9 Å². The Labute approximate surface area is 120 Å². The van der Waals surface area contributed by atoms with Crippen molar-refractivity contribution in [2.24, 2.45) is 0 Å². The van der Waals surface area contributed by atoms with Crippen molar-refractivity contribution in [2.75, 3.05) is 12.8 Å². The highest BCUT2D eigenvalue weighted by atomic mass is 79.9. The molecule has 0 aliphatic rings. The minimum absolute atomic E-state index is 0.0777. The second kappa shape index (κ2) is 5.52. The maximum Gasteiger partial charge on any atom is 0.270 e. The van der Waals surface area contributed by atoms with Crippen LogP contribution in [0.25, 0.3) is 0 Å². The summed E-state index contributed by atoms with van der Waals surface area (Å²) in [6, 6.07) is 5.34. The first-order valence-electron chi connectivity index (χ1n) is 5.96. The third kappa shape index (κ3) is 3.01. The molecule has 2 rings (SSSR count). The zero-order chi connectivity index (χ0) is 14.0. The number of anilines is 1. The number of aryl methyl sites for hydroxylation is 1. The Hall–Kier alpha value is -1.69. The molecular formula is C13H16BrN3O2. The Bertz CT molecular complexity index is 588. The van der Waals surface area contributed by atoms with Gasteiger partial charge in [-0.05, 0) is 41.1 Å². The van der Waals surface area contributed by atoms with Crippen LogP contribution in [0.5, 0.6) is 0 Å². The molecule has 0 bridgehead atoms. The van der Waals surface area contributed by atoms with Gasteiger partial charge in [-0.25, -0.2) is 0 Å². The summed E-state index contributed by atoms with van der Waals surface area (Å²) < 4.78 is 7.89. The Balaban J connectivity index is 2.14. The summed E-state index contributed by atoms with van der Waals surface area (Å²) in [6.07, 6.45) is 1.77. The van der Waals surface area contributed by atoms with E-state index in [9.17, 15) is 4.79 Å². The van der Waals surface area contributed by atoms with E-state index in [1.807, 2.05) is 17.6 Å². The first-order valence-corrected chi connectivity index (χ1v) is 6.76. The fraction of sp³-hybridized carbons (Fsp3) is 0.308. The summed E-state index contributed by atoms with van der Waals surface area (Å²) in [4.78, 5) is 13.9. The van der Waals surface area contributed by atoms with Crippen LogP contribution in [0.3, 0.4) is 0 Å². The van der Waals surface area contributed by atoms with E-state index in [4.69, 9.17) is 10.2 Å². The van der Waals surface area contributed by atoms with Crippen LogP contribution in [-0.4, -0.2) is 22.4 Å².